The van der Waals surface area contributed by atoms with Crippen molar-refractivity contribution in [3.8, 4) is 0 Å². The topological polar surface area (TPSA) is 91.0 Å². The van der Waals surface area contributed by atoms with Gasteiger partial charge in [0.15, 0.2) is 0 Å². The van der Waals surface area contributed by atoms with Gasteiger partial charge < -0.3 is 25.2 Å². The quantitative estimate of drug-likeness (QED) is 0.694. The summed E-state index contributed by atoms with van der Waals surface area (Å²) in [5.41, 5.74) is 1.75. The molecule has 2 aliphatic heterocycles. The summed E-state index contributed by atoms with van der Waals surface area (Å²) < 4.78 is 5.42. The van der Waals surface area contributed by atoms with Crippen molar-refractivity contribution < 1.29 is 19.1 Å². The number of hydrogen-bond donors (Lipinski definition) is 2. The Kier molecular flexibility index (Phi) is 7.15. The van der Waals surface area contributed by atoms with Gasteiger partial charge in [0.05, 0.1) is 6.10 Å². The van der Waals surface area contributed by atoms with E-state index in [1.165, 1.54) is 4.90 Å². The van der Waals surface area contributed by atoms with Crippen molar-refractivity contribution in [2.75, 3.05) is 37.4 Å². The van der Waals surface area contributed by atoms with Gasteiger partial charge in [0.2, 0.25) is 5.91 Å². The molecule has 0 aromatic heterocycles. The van der Waals surface area contributed by atoms with Gasteiger partial charge in [-0.2, -0.15) is 0 Å². The Morgan fingerprint density at radius 3 is 2.18 bits per heavy atom. The number of urea groups is 1. The number of carbonyl (C=O) groups is 3. The molecule has 2 aromatic carbocycles. The third-order valence-electron chi connectivity index (χ3n) is 6.05. The Bertz CT molecular complexity index is 1010. The Labute approximate surface area is 197 Å². The van der Waals surface area contributed by atoms with Gasteiger partial charge in [-0.1, -0.05) is 11.6 Å². The third kappa shape index (κ3) is 5.46. The number of carbonyl (C=O) groups excluding carboxylic acids is 3. The van der Waals surface area contributed by atoms with Crippen LogP contribution in [0.25, 0.3) is 0 Å². The number of nitrogens with one attached hydrogen (secondary N) is 2. The molecule has 0 saturated carbocycles. The van der Waals surface area contributed by atoms with E-state index in [0.29, 0.717) is 34.9 Å². The summed E-state index contributed by atoms with van der Waals surface area (Å²) in [4.78, 5) is 41.7. The number of ether oxygens (including phenoxy) is 1. The number of nitrogens with zero attached hydrogens (tertiary/aromatic N) is 2. The molecule has 0 radical (unpaired) electrons. The number of hydrogen-bond acceptors (Lipinski definition) is 4. The fourth-order valence-corrected chi connectivity index (χ4v) is 4.32. The Morgan fingerprint density at radius 1 is 0.939 bits per heavy atom. The van der Waals surface area contributed by atoms with E-state index in [9.17, 15) is 14.4 Å². The lowest BCUT2D eigenvalue weighted by Gasteiger charge is -2.24. The standard InChI is InChI=1S/C24H27ClN4O4/c1-33-20-14-21(29(15-20)24(32)27-19-10-6-17(25)7-11-19)22(30)26-18-8-4-16(5-9-18)23(31)28-12-2-3-13-28/h4-11,20-21H,2-3,12-15H2,1H3,(H,26,30)(H,27,32). The molecule has 174 valence electrons. The van der Waals surface area contributed by atoms with Gasteiger partial charge in [-0.25, -0.2) is 4.79 Å². The first-order valence-electron chi connectivity index (χ1n) is 11.0. The van der Waals surface area contributed by atoms with Crippen LogP contribution in [-0.2, 0) is 9.53 Å². The molecule has 0 bridgehead atoms. The largest absolute Gasteiger partial charge is 0.380 e. The molecular weight excluding hydrogens is 444 g/mol. The summed E-state index contributed by atoms with van der Waals surface area (Å²) in [6.07, 6.45) is 2.22. The number of benzene rings is 2. The van der Waals surface area contributed by atoms with Gasteiger partial charge in [0, 0.05) is 55.1 Å². The average Bonchev–Trinajstić information content (AvgIpc) is 3.51. The van der Waals surface area contributed by atoms with Crippen LogP contribution in [0.4, 0.5) is 16.2 Å². The van der Waals surface area contributed by atoms with Crippen LogP contribution < -0.4 is 10.6 Å². The van der Waals surface area contributed by atoms with Crippen molar-refractivity contribution in [1.29, 1.82) is 0 Å². The molecule has 4 rings (SSSR count). The summed E-state index contributed by atoms with van der Waals surface area (Å²) in [6, 6.07) is 12.5. The van der Waals surface area contributed by atoms with E-state index < -0.39 is 6.04 Å². The van der Waals surface area contributed by atoms with Gasteiger partial charge in [-0.05, 0) is 61.4 Å². The summed E-state index contributed by atoms with van der Waals surface area (Å²) in [7, 11) is 1.57. The van der Waals surface area contributed by atoms with Crippen molar-refractivity contribution in [1.82, 2.24) is 9.80 Å². The zero-order valence-corrected chi connectivity index (χ0v) is 19.2. The molecular formula is C24H27ClN4O4. The SMILES string of the molecule is COC1CC(C(=O)Nc2ccc(C(=O)N3CCCC3)cc2)N(C(=O)Nc2ccc(Cl)cc2)C1. The Balaban J connectivity index is 1.41. The van der Waals surface area contributed by atoms with Crippen LogP contribution in [-0.4, -0.2) is 66.5 Å². The Hall–Kier alpha value is -3.10. The van der Waals surface area contributed by atoms with Crippen LogP contribution in [0.5, 0.6) is 0 Å². The van der Waals surface area contributed by atoms with Crippen LogP contribution in [0.2, 0.25) is 5.02 Å². The lowest BCUT2D eigenvalue weighted by Crippen LogP contribution is -2.45. The first kappa shape index (κ1) is 23.1. The van der Waals surface area contributed by atoms with Crippen LogP contribution >= 0.6 is 11.6 Å². The maximum absolute atomic E-state index is 13.0. The molecule has 2 aliphatic rings. The fourth-order valence-electron chi connectivity index (χ4n) is 4.19. The highest BCUT2D eigenvalue weighted by atomic mass is 35.5. The van der Waals surface area contributed by atoms with Gasteiger partial charge >= 0.3 is 6.03 Å². The van der Waals surface area contributed by atoms with Gasteiger partial charge in [-0.3, -0.25) is 9.59 Å². The van der Waals surface area contributed by atoms with Crippen molar-refractivity contribution in [2.24, 2.45) is 0 Å². The molecule has 2 unspecified atom stereocenters. The molecule has 0 spiro atoms. The second kappa shape index (κ2) is 10.2. The van der Waals surface area contributed by atoms with E-state index in [1.54, 1.807) is 55.6 Å². The van der Waals surface area contributed by atoms with Gasteiger partial charge in [0.25, 0.3) is 5.91 Å². The molecule has 9 heteroatoms. The molecule has 4 amide bonds. The minimum absolute atomic E-state index is 0.00847. The molecule has 2 aromatic rings. The second-order valence-corrected chi connectivity index (χ2v) is 8.70. The molecule has 2 N–H and O–H groups in total. The van der Waals surface area contributed by atoms with Crippen molar-refractivity contribution in [3.05, 3.63) is 59.1 Å². The highest BCUT2D eigenvalue weighted by molar-refractivity contribution is 6.30. The maximum atomic E-state index is 13.0. The van der Waals surface area contributed by atoms with E-state index in [1.807, 2.05) is 4.90 Å². The van der Waals surface area contributed by atoms with Crippen LogP contribution in [0.15, 0.2) is 48.5 Å². The van der Waals surface area contributed by atoms with E-state index in [4.69, 9.17) is 16.3 Å². The summed E-state index contributed by atoms with van der Waals surface area (Å²) >= 11 is 5.90. The number of halogens is 1. The highest BCUT2D eigenvalue weighted by Gasteiger charge is 2.40. The van der Waals surface area contributed by atoms with Crippen molar-refractivity contribution in [3.63, 3.8) is 0 Å². The van der Waals surface area contributed by atoms with E-state index in [0.717, 1.165) is 25.9 Å². The summed E-state index contributed by atoms with van der Waals surface area (Å²) in [5.74, 6) is -0.298. The van der Waals surface area contributed by atoms with Crippen LogP contribution in [0.3, 0.4) is 0 Å². The lowest BCUT2D eigenvalue weighted by atomic mass is 10.1. The van der Waals surface area contributed by atoms with Gasteiger partial charge in [-0.15, -0.1) is 0 Å². The van der Waals surface area contributed by atoms with E-state index in [-0.39, 0.29) is 23.9 Å². The molecule has 2 heterocycles. The molecule has 33 heavy (non-hydrogen) atoms. The first-order chi connectivity index (χ1) is 15.9. The first-order valence-corrected chi connectivity index (χ1v) is 11.4. The molecule has 2 atom stereocenters. The second-order valence-electron chi connectivity index (χ2n) is 8.26. The maximum Gasteiger partial charge on any atom is 0.322 e. The number of methoxy groups -OCH3 is 1. The normalized spacial score (nSPS) is 20.1. The highest BCUT2D eigenvalue weighted by Crippen LogP contribution is 2.24. The molecule has 0 aliphatic carbocycles. The third-order valence-corrected chi connectivity index (χ3v) is 6.30. The average molecular weight is 471 g/mol. The number of anilines is 2. The number of rotatable bonds is 5. The zero-order chi connectivity index (χ0) is 23.4. The predicted octanol–water partition coefficient (Wildman–Crippen LogP) is 3.84. The smallest absolute Gasteiger partial charge is 0.322 e. The molecule has 8 nitrogen and oxygen atoms in total. The zero-order valence-electron chi connectivity index (χ0n) is 18.4. The van der Waals surface area contributed by atoms with Crippen LogP contribution in [0.1, 0.15) is 29.6 Å². The van der Waals surface area contributed by atoms with E-state index in [2.05, 4.69) is 10.6 Å². The van der Waals surface area contributed by atoms with Gasteiger partial charge in [0.1, 0.15) is 6.04 Å². The molecule has 2 saturated heterocycles. The minimum Gasteiger partial charge on any atom is -0.380 e. The summed E-state index contributed by atoms with van der Waals surface area (Å²) in [5, 5.41) is 6.23. The predicted molar refractivity (Wildman–Crippen MR) is 127 cm³/mol. The fraction of sp³-hybridized carbons (Fsp3) is 0.375. The Morgan fingerprint density at radius 2 is 1.55 bits per heavy atom. The summed E-state index contributed by atoms with van der Waals surface area (Å²) in [6.45, 7) is 1.87. The number of amides is 4. The monoisotopic (exact) mass is 470 g/mol. The lowest BCUT2D eigenvalue weighted by molar-refractivity contribution is -0.119. The minimum atomic E-state index is -0.687. The van der Waals surface area contributed by atoms with Crippen molar-refractivity contribution in [2.45, 2.75) is 31.4 Å². The van der Waals surface area contributed by atoms with Crippen molar-refractivity contribution >= 4 is 40.8 Å². The van der Waals surface area contributed by atoms with E-state index >= 15 is 0 Å². The molecule has 2 fully saturated rings. The number of likely N-dealkylation sites (tertiary alicyclic amines) is 2. The van der Waals surface area contributed by atoms with Crippen LogP contribution in [0, 0.1) is 0 Å².